The van der Waals surface area contributed by atoms with E-state index in [4.69, 9.17) is 14.2 Å². The van der Waals surface area contributed by atoms with E-state index in [-0.39, 0.29) is 24.0 Å². The van der Waals surface area contributed by atoms with Gasteiger partial charge in [0.25, 0.3) is 0 Å². The minimum atomic E-state index is -1.86. The summed E-state index contributed by atoms with van der Waals surface area (Å²) in [5, 5.41) is 55.6. The Bertz CT molecular complexity index is 1050. The number of amides is 1. The van der Waals surface area contributed by atoms with E-state index in [2.05, 4.69) is 10.6 Å². The van der Waals surface area contributed by atoms with Gasteiger partial charge in [0.05, 0.1) is 18.9 Å². The average molecular weight is 521 g/mol. The summed E-state index contributed by atoms with van der Waals surface area (Å²) >= 11 is 0. The summed E-state index contributed by atoms with van der Waals surface area (Å²) in [5.74, 6) is -0.978. The molecule has 37 heavy (non-hydrogen) atoms. The first-order valence-corrected chi connectivity index (χ1v) is 11.6. The van der Waals surface area contributed by atoms with Gasteiger partial charge in [0.15, 0.2) is 12.4 Å². The first-order chi connectivity index (χ1) is 17.6. The molecule has 1 amide bonds. The van der Waals surface area contributed by atoms with Crippen molar-refractivity contribution in [2.24, 2.45) is 0 Å². The van der Waals surface area contributed by atoms with Gasteiger partial charge in [-0.3, -0.25) is 4.79 Å². The molecule has 2 aromatic rings. The highest BCUT2D eigenvalue weighted by atomic mass is 16.7. The standard InChI is InChI=1S/C25H32N2O10/c1-13(9-14-3-6-16(35-2)7-4-14)26-11-19(15-5-8-18(29)17(10-15)27-12-28)36-25-22(32)20(30)21(31)23(37-25)24(33)34/h3-8,10,12-13,19-23,25-26,29-32H,9,11H2,1-2H3,(H,27,28)(H,33,34)/t13?,19?,20-,21-,22+,23-,25+/m0/s1. The summed E-state index contributed by atoms with van der Waals surface area (Å²) < 4.78 is 16.4. The number of rotatable bonds is 12. The van der Waals surface area contributed by atoms with Crippen molar-refractivity contribution in [3.63, 3.8) is 0 Å². The summed E-state index contributed by atoms with van der Waals surface area (Å²) in [6.07, 6.45) is -8.68. The number of ether oxygens (including phenoxy) is 3. The fourth-order valence-electron chi connectivity index (χ4n) is 4.00. The van der Waals surface area contributed by atoms with Crippen LogP contribution in [0.25, 0.3) is 0 Å². The molecule has 1 saturated heterocycles. The highest BCUT2D eigenvalue weighted by Crippen LogP contribution is 2.31. The largest absolute Gasteiger partial charge is 0.506 e. The van der Waals surface area contributed by atoms with Crippen LogP contribution >= 0.6 is 0 Å². The van der Waals surface area contributed by atoms with Crippen LogP contribution in [0.4, 0.5) is 5.69 Å². The zero-order valence-corrected chi connectivity index (χ0v) is 20.4. The second kappa shape index (κ2) is 12.8. The molecule has 0 radical (unpaired) electrons. The first kappa shape index (κ1) is 28.3. The molecule has 0 spiro atoms. The summed E-state index contributed by atoms with van der Waals surface area (Å²) in [6, 6.07) is 11.9. The minimum absolute atomic E-state index is 0.0550. The Kier molecular flexibility index (Phi) is 9.80. The maximum absolute atomic E-state index is 11.5. The number of phenolic OH excluding ortho intramolecular Hbond substituents is 1. The van der Waals surface area contributed by atoms with Gasteiger partial charge in [0, 0.05) is 12.6 Å². The van der Waals surface area contributed by atoms with E-state index in [0.717, 1.165) is 11.3 Å². The Morgan fingerprint density at radius 1 is 1.11 bits per heavy atom. The molecular formula is C25H32N2O10. The van der Waals surface area contributed by atoms with Crippen LogP contribution in [0.2, 0.25) is 0 Å². The lowest BCUT2D eigenvalue weighted by atomic mass is 9.98. The van der Waals surface area contributed by atoms with E-state index in [0.29, 0.717) is 18.4 Å². The second-order valence-electron chi connectivity index (χ2n) is 8.76. The smallest absolute Gasteiger partial charge is 0.335 e. The molecule has 12 nitrogen and oxygen atoms in total. The maximum atomic E-state index is 11.5. The predicted octanol–water partition coefficient (Wildman–Crippen LogP) is 0.140. The van der Waals surface area contributed by atoms with Crippen LogP contribution in [0, 0.1) is 0 Å². The number of aromatic hydroxyl groups is 1. The highest BCUT2D eigenvalue weighted by Gasteiger charge is 2.48. The van der Waals surface area contributed by atoms with Crippen LogP contribution < -0.4 is 15.4 Å². The van der Waals surface area contributed by atoms with Gasteiger partial charge in [0.1, 0.15) is 29.8 Å². The lowest BCUT2D eigenvalue weighted by molar-refractivity contribution is -0.305. The molecule has 7 atom stereocenters. The highest BCUT2D eigenvalue weighted by molar-refractivity contribution is 5.75. The van der Waals surface area contributed by atoms with Crippen LogP contribution in [0.1, 0.15) is 24.2 Å². The van der Waals surface area contributed by atoms with Gasteiger partial charge in [-0.05, 0) is 48.7 Å². The Hall–Kier alpha value is -3.26. The number of carbonyl (C=O) groups excluding carboxylic acids is 1. The molecule has 1 aliphatic heterocycles. The monoisotopic (exact) mass is 520 g/mol. The van der Waals surface area contributed by atoms with Gasteiger partial charge in [-0.1, -0.05) is 18.2 Å². The number of aliphatic hydroxyl groups excluding tert-OH is 3. The van der Waals surface area contributed by atoms with Crippen molar-refractivity contribution in [1.29, 1.82) is 0 Å². The molecule has 3 rings (SSSR count). The third-order valence-corrected chi connectivity index (χ3v) is 6.07. The Balaban J connectivity index is 1.79. The van der Waals surface area contributed by atoms with Crippen LogP contribution in [-0.4, -0.2) is 88.3 Å². The number of hydrogen-bond acceptors (Lipinski definition) is 10. The number of carboxylic acids is 1. The Morgan fingerprint density at radius 2 is 1.81 bits per heavy atom. The van der Waals surface area contributed by atoms with E-state index in [1.165, 1.54) is 18.2 Å². The van der Waals surface area contributed by atoms with Crippen LogP contribution in [0.3, 0.4) is 0 Å². The number of anilines is 1. The van der Waals surface area contributed by atoms with E-state index in [1.54, 1.807) is 7.11 Å². The van der Waals surface area contributed by atoms with Gasteiger partial charge < -0.3 is 50.4 Å². The number of hydrogen-bond donors (Lipinski definition) is 7. The van der Waals surface area contributed by atoms with Crippen molar-refractivity contribution in [2.45, 2.75) is 56.2 Å². The third-order valence-electron chi connectivity index (χ3n) is 6.07. The number of nitrogens with one attached hydrogen (secondary N) is 2. The van der Waals surface area contributed by atoms with Crippen LogP contribution in [0.15, 0.2) is 42.5 Å². The fraction of sp³-hybridized carbons (Fsp3) is 0.440. The number of phenols is 1. The maximum Gasteiger partial charge on any atom is 0.335 e. The van der Waals surface area contributed by atoms with E-state index < -0.39 is 42.8 Å². The average Bonchev–Trinajstić information content (AvgIpc) is 2.88. The zero-order chi connectivity index (χ0) is 27.1. The van der Waals surface area contributed by atoms with E-state index in [9.17, 15) is 35.1 Å². The van der Waals surface area contributed by atoms with Crippen molar-refractivity contribution < 1.29 is 49.3 Å². The van der Waals surface area contributed by atoms with E-state index >= 15 is 0 Å². The van der Waals surface area contributed by atoms with Gasteiger partial charge >= 0.3 is 5.97 Å². The SMILES string of the molecule is COc1ccc(CC(C)NCC(O[C@@H]2O[C@H](C(=O)O)[C@@H](O)[C@H](O)[C@H]2O)c2ccc(O)c(NC=O)c2)cc1. The Labute approximate surface area is 213 Å². The number of aliphatic carboxylic acids is 1. The molecule has 12 heteroatoms. The molecule has 2 aromatic carbocycles. The molecule has 202 valence electrons. The first-order valence-electron chi connectivity index (χ1n) is 11.6. The lowest BCUT2D eigenvalue weighted by Gasteiger charge is -2.40. The summed E-state index contributed by atoms with van der Waals surface area (Å²) in [4.78, 5) is 22.4. The van der Waals surface area contributed by atoms with Crippen molar-refractivity contribution in [3.8, 4) is 11.5 Å². The molecule has 0 aromatic heterocycles. The fourth-order valence-corrected chi connectivity index (χ4v) is 4.00. The lowest BCUT2D eigenvalue weighted by Crippen LogP contribution is -2.60. The molecular weight excluding hydrogens is 488 g/mol. The summed E-state index contributed by atoms with van der Waals surface area (Å²) in [6.45, 7) is 2.09. The van der Waals surface area contributed by atoms with Gasteiger partial charge in [0.2, 0.25) is 6.41 Å². The van der Waals surface area contributed by atoms with Crippen molar-refractivity contribution in [2.75, 3.05) is 19.0 Å². The van der Waals surface area contributed by atoms with Crippen LogP contribution in [0.5, 0.6) is 11.5 Å². The third kappa shape index (κ3) is 7.16. The second-order valence-corrected chi connectivity index (χ2v) is 8.76. The van der Waals surface area contributed by atoms with Crippen LogP contribution in [-0.2, 0) is 25.5 Å². The van der Waals surface area contributed by atoms with Gasteiger partial charge in [-0.15, -0.1) is 0 Å². The number of carbonyl (C=O) groups is 2. The molecule has 0 saturated carbocycles. The normalized spacial score (nSPS) is 25.2. The molecule has 0 bridgehead atoms. The summed E-state index contributed by atoms with van der Waals surface area (Å²) in [7, 11) is 1.59. The minimum Gasteiger partial charge on any atom is -0.506 e. The molecule has 7 N–H and O–H groups in total. The number of benzene rings is 2. The summed E-state index contributed by atoms with van der Waals surface area (Å²) in [5.41, 5.74) is 1.61. The molecule has 1 heterocycles. The molecule has 0 aliphatic carbocycles. The molecule has 1 fully saturated rings. The van der Waals surface area contributed by atoms with Crippen molar-refractivity contribution in [1.82, 2.24) is 5.32 Å². The molecule has 1 aliphatic rings. The number of carboxylic acid groups (broad SMARTS) is 1. The quantitative estimate of drug-likeness (QED) is 0.149. The number of methoxy groups -OCH3 is 1. The van der Waals surface area contributed by atoms with Gasteiger partial charge in [-0.2, -0.15) is 0 Å². The van der Waals surface area contributed by atoms with Gasteiger partial charge in [-0.25, -0.2) is 4.79 Å². The Morgan fingerprint density at radius 3 is 2.43 bits per heavy atom. The molecule has 2 unspecified atom stereocenters. The van der Waals surface area contributed by atoms with Crippen molar-refractivity contribution >= 4 is 18.1 Å². The zero-order valence-electron chi connectivity index (χ0n) is 20.4. The topological polar surface area (TPSA) is 187 Å². The predicted molar refractivity (Wildman–Crippen MR) is 130 cm³/mol. The van der Waals surface area contributed by atoms with Crippen molar-refractivity contribution in [3.05, 3.63) is 53.6 Å². The van der Waals surface area contributed by atoms with E-state index in [1.807, 2.05) is 31.2 Å². The number of aliphatic hydroxyl groups is 3.